The summed E-state index contributed by atoms with van der Waals surface area (Å²) in [6.07, 6.45) is 2.23. The van der Waals surface area contributed by atoms with Crippen molar-refractivity contribution in [2.45, 2.75) is 72.9 Å². The van der Waals surface area contributed by atoms with Crippen molar-refractivity contribution < 1.29 is 4.79 Å². The Morgan fingerprint density at radius 3 is 2.24 bits per heavy atom. The van der Waals surface area contributed by atoms with Crippen LogP contribution in [0.25, 0.3) is 0 Å². The smallest absolute Gasteiger partial charge is 0.242 e. The van der Waals surface area contributed by atoms with Gasteiger partial charge in [0.05, 0.1) is 0 Å². The number of guanidine groups is 1. The Balaban J connectivity index is 0. The molecule has 1 amide bonds. The summed E-state index contributed by atoms with van der Waals surface area (Å²) in [5.41, 5.74) is -0.226. The summed E-state index contributed by atoms with van der Waals surface area (Å²) in [7, 11) is 0. The number of carbonyl (C=O) groups excluding carboxylic acids is 1. The van der Waals surface area contributed by atoms with Gasteiger partial charge in [-0.3, -0.25) is 4.79 Å². The van der Waals surface area contributed by atoms with Gasteiger partial charge < -0.3 is 20.9 Å². The van der Waals surface area contributed by atoms with Crippen LogP contribution >= 0.6 is 24.0 Å². The lowest BCUT2D eigenvalue weighted by Crippen LogP contribution is -2.45. The van der Waals surface area contributed by atoms with E-state index in [1.807, 2.05) is 27.7 Å². The highest BCUT2D eigenvalue weighted by atomic mass is 127. The quantitative estimate of drug-likeness (QED) is 0.261. The second-order valence-corrected chi connectivity index (χ2v) is 7.21. The van der Waals surface area contributed by atoms with Crippen molar-refractivity contribution in [3.8, 4) is 0 Å². The third-order valence-electron chi connectivity index (χ3n) is 3.63. The molecule has 3 N–H and O–H groups in total. The van der Waals surface area contributed by atoms with Crippen LogP contribution in [0, 0.1) is 0 Å². The highest BCUT2D eigenvalue weighted by molar-refractivity contribution is 14.0. The molecular weight excluding hydrogens is 429 g/mol. The Morgan fingerprint density at radius 1 is 1.16 bits per heavy atom. The monoisotopic (exact) mass is 469 g/mol. The van der Waals surface area contributed by atoms with Crippen LogP contribution < -0.4 is 16.0 Å². The zero-order chi connectivity index (χ0) is 18.6. The van der Waals surface area contributed by atoms with Gasteiger partial charge in [-0.2, -0.15) is 0 Å². The van der Waals surface area contributed by atoms with Gasteiger partial charge in [-0.15, -0.1) is 24.0 Å². The van der Waals surface area contributed by atoms with Gasteiger partial charge in [0.25, 0.3) is 0 Å². The average molecular weight is 469 g/mol. The lowest BCUT2D eigenvalue weighted by Gasteiger charge is -2.22. The molecule has 0 aromatic rings. The standard InChI is InChI=1S/C18H39N5O.HI/c1-8-19-17(20-14-16(24)22-18(5,6)7)21-15(4)12-11-13-23(9-2)10-3;/h15H,8-14H2,1-7H3,(H,22,24)(H2,19,20,21);1H. The van der Waals surface area contributed by atoms with Crippen molar-refractivity contribution in [1.82, 2.24) is 20.9 Å². The molecule has 0 aromatic carbocycles. The number of hydrogen-bond donors (Lipinski definition) is 3. The summed E-state index contributed by atoms with van der Waals surface area (Å²) in [6, 6.07) is 0.323. The molecule has 0 saturated heterocycles. The van der Waals surface area contributed by atoms with Gasteiger partial charge in [-0.1, -0.05) is 13.8 Å². The van der Waals surface area contributed by atoms with Gasteiger partial charge >= 0.3 is 0 Å². The first-order valence-corrected chi connectivity index (χ1v) is 9.30. The van der Waals surface area contributed by atoms with Crippen LogP contribution in [-0.4, -0.2) is 61.1 Å². The summed E-state index contributed by atoms with van der Waals surface area (Å²) in [5, 5.41) is 9.51. The van der Waals surface area contributed by atoms with Crippen LogP contribution in [0.3, 0.4) is 0 Å². The molecule has 0 rings (SSSR count). The molecule has 0 aliphatic heterocycles. The van der Waals surface area contributed by atoms with E-state index in [1.165, 1.54) is 0 Å². The highest BCUT2D eigenvalue weighted by Crippen LogP contribution is 2.00. The fourth-order valence-electron chi connectivity index (χ4n) is 2.40. The van der Waals surface area contributed by atoms with E-state index in [0.29, 0.717) is 12.0 Å². The van der Waals surface area contributed by atoms with Crippen molar-refractivity contribution in [3.05, 3.63) is 0 Å². The molecular formula is C18H40IN5O. The Kier molecular flexibility index (Phi) is 15.6. The predicted octanol–water partition coefficient (Wildman–Crippen LogP) is 2.58. The molecule has 25 heavy (non-hydrogen) atoms. The second kappa shape index (κ2) is 14.6. The van der Waals surface area contributed by atoms with Gasteiger partial charge in [-0.05, 0) is 67.1 Å². The molecule has 1 atom stereocenters. The minimum atomic E-state index is -0.226. The predicted molar refractivity (Wildman–Crippen MR) is 119 cm³/mol. The summed E-state index contributed by atoms with van der Waals surface area (Å²) in [6.45, 7) is 18.7. The third kappa shape index (κ3) is 15.4. The average Bonchev–Trinajstić information content (AvgIpc) is 2.48. The Morgan fingerprint density at radius 2 is 1.76 bits per heavy atom. The fourth-order valence-corrected chi connectivity index (χ4v) is 2.40. The second-order valence-electron chi connectivity index (χ2n) is 7.21. The lowest BCUT2D eigenvalue weighted by atomic mass is 10.1. The maximum atomic E-state index is 11.9. The molecule has 0 heterocycles. The number of aliphatic imine (C=N–C) groups is 1. The lowest BCUT2D eigenvalue weighted by molar-refractivity contribution is -0.121. The molecule has 7 heteroatoms. The zero-order valence-electron chi connectivity index (χ0n) is 17.2. The normalized spacial score (nSPS) is 13.2. The number of nitrogens with one attached hydrogen (secondary N) is 3. The third-order valence-corrected chi connectivity index (χ3v) is 3.63. The van der Waals surface area contributed by atoms with Gasteiger partial charge in [0.2, 0.25) is 5.91 Å². The summed E-state index contributed by atoms with van der Waals surface area (Å²) in [4.78, 5) is 18.7. The molecule has 0 aliphatic rings. The van der Waals surface area contributed by atoms with E-state index in [9.17, 15) is 4.79 Å². The van der Waals surface area contributed by atoms with Crippen molar-refractivity contribution in [1.29, 1.82) is 0 Å². The zero-order valence-corrected chi connectivity index (χ0v) is 19.6. The van der Waals surface area contributed by atoms with E-state index in [0.717, 1.165) is 39.0 Å². The van der Waals surface area contributed by atoms with Crippen LogP contribution in [-0.2, 0) is 4.79 Å². The van der Waals surface area contributed by atoms with E-state index >= 15 is 0 Å². The van der Waals surface area contributed by atoms with E-state index in [1.54, 1.807) is 0 Å². The van der Waals surface area contributed by atoms with Crippen LogP contribution in [0.1, 0.15) is 61.3 Å². The van der Waals surface area contributed by atoms with Crippen LogP contribution in [0.4, 0.5) is 0 Å². The Hall–Kier alpha value is -0.570. The van der Waals surface area contributed by atoms with Crippen LogP contribution in [0.5, 0.6) is 0 Å². The first-order valence-electron chi connectivity index (χ1n) is 9.30. The van der Waals surface area contributed by atoms with Crippen LogP contribution in [0.15, 0.2) is 4.99 Å². The molecule has 0 bridgehead atoms. The molecule has 0 fully saturated rings. The van der Waals surface area contributed by atoms with Crippen LogP contribution in [0.2, 0.25) is 0 Å². The fraction of sp³-hybridized carbons (Fsp3) is 0.889. The number of nitrogens with zero attached hydrogens (tertiary/aromatic N) is 2. The molecule has 1 unspecified atom stereocenters. The molecule has 150 valence electrons. The maximum Gasteiger partial charge on any atom is 0.242 e. The topological polar surface area (TPSA) is 68.8 Å². The summed E-state index contributed by atoms with van der Waals surface area (Å²) < 4.78 is 0. The maximum absolute atomic E-state index is 11.9. The largest absolute Gasteiger partial charge is 0.357 e. The molecule has 0 saturated carbocycles. The molecule has 0 aliphatic carbocycles. The van der Waals surface area contributed by atoms with E-state index in [2.05, 4.69) is 46.6 Å². The van der Waals surface area contributed by atoms with Gasteiger partial charge in [0.1, 0.15) is 6.54 Å². The SMILES string of the molecule is CCNC(=NCC(=O)NC(C)(C)C)NC(C)CCCN(CC)CC.I. The van der Waals surface area contributed by atoms with Crippen molar-refractivity contribution in [2.24, 2.45) is 4.99 Å². The van der Waals surface area contributed by atoms with E-state index in [-0.39, 0.29) is 42.0 Å². The first kappa shape index (κ1) is 26.7. The molecule has 0 spiro atoms. The van der Waals surface area contributed by atoms with Gasteiger partial charge in [0, 0.05) is 18.1 Å². The van der Waals surface area contributed by atoms with Crippen molar-refractivity contribution in [3.63, 3.8) is 0 Å². The number of halogens is 1. The molecule has 0 radical (unpaired) electrons. The van der Waals surface area contributed by atoms with E-state index < -0.39 is 0 Å². The van der Waals surface area contributed by atoms with Gasteiger partial charge in [-0.25, -0.2) is 4.99 Å². The van der Waals surface area contributed by atoms with Crippen molar-refractivity contribution >= 4 is 35.8 Å². The van der Waals surface area contributed by atoms with Crippen molar-refractivity contribution in [2.75, 3.05) is 32.7 Å². The summed E-state index contributed by atoms with van der Waals surface area (Å²) in [5.74, 6) is 0.644. The first-order chi connectivity index (χ1) is 11.2. The molecule has 0 aromatic heterocycles. The number of hydrogen-bond acceptors (Lipinski definition) is 3. The minimum absolute atomic E-state index is 0. The Bertz CT molecular complexity index is 378. The Labute approximate surface area is 172 Å². The van der Waals surface area contributed by atoms with Gasteiger partial charge in [0.15, 0.2) is 5.96 Å². The highest BCUT2D eigenvalue weighted by Gasteiger charge is 2.13. The number of carbonyl (C=O) groups is 1. The number of rotatable bonds is 10. The summed E-state index contributed by atoms with van der Waals surface area (Å²) >= 11 is 0. The number of amides is 1. The minimum Gasteiger partial charge on any atom is -0.357 e. The van der Waals surface area contributed by atoms with E-state index in [4.69, 9.17) is 0 Å². The molecule has 6 nitrogen and oxygen atoms in total.